The van der Waals surface area contributed by atoms with Gasteiger partial charge in [-0.05, 0) is 12.1 Å². The van der Waals surface area contributed by atoms with Gasteiger partial charge in [0.2, 0.25) is 0 Å². The van der Waals surface area contributed by atoms with Crippen LogP contribution in [-0.4, -0.2) is 17.2 Å². The number of aliphatic hydroxyl groups excluding tert-OH is 1. The maximum absolute atomic E-state index is 10.2. The van der Waals surface area contributed by atoms with Crippen LogP contribution >= 0.6 is 11.3 Å². The first kappa shape index (κ1) is 11.5. The Bertz CT molecular complexity index is 541. The van der Waals surface area contributed by atoms with Crippen LogP contribution in [0.15, 0.2) is 29.9 Å². The van der Waals surface area contributed by atoms with E-state index in [4.69, 9.17) is 9.47 Å². The van der Waals surface area contributed by atoms with Gasteiger partial charge in [0.25, 0.3) is 0 Å². The summed E-state index contributed by atoms with van der Waals surface area (Å²) < 4.78 is 11.1. The molecule has 1 aromatic carbocycles. The van der Waals surface area contributed by atoms with Gasteiger partial charge in [0, 0.05) is 24.2 Å². The summed E-state index contributed by atoms with van der Waals surface area (Å²) >= 11 is 1.54. The summed E-state index contributed by atoms with van der Waals surface area (Å²) in [6.07, 6.45) is 1.70. The van der Waals surface area contributed by atoms with Crippen LogP contribution in [0, 0.1) is 0 Å². The first-order valence-corrected chi connectivity index (χ1v) is 6.57. The van der Waals surface area contributed by atoms with E-state index in [1.54, 1.807) is 18.8 Å². The zero-order valence-corrected chi connectivity index (χ0v) is 10.7. The van der Waals surface area contributed by atoms with E-state index < -0.39 is 6.10 Å². The smallest absolute Gasteiger partial charge is 0.137 e. The molecule has 1 aliphatic rings. The molecule has 1 aliphatic heterocycles. The molecule has 0 bridgehead atoms. The highest BCUT2D eigenvalue weighted by atomic mass is 32.1. The van der Waals surface area contributed by atoms with Crippen LogP contribution in [0.25, 0.3) is 0 Å². The van der Waals surface area contributed by atoms with Crippen molar-refractivity contribution in [3.05, 3.63) is 40.3 Å². The van der Waals surface area contributed by atoms with Crippen molar-refractivity contribution in [3.63, 3.8) is 0 Å². The number of hydrogen-bond donors (Lipinski definition) is 1. The van der Waals surface area contributed by atoms with Crippen LogP contribution in [0.4, 0.5) is 0 Å². The normalized spacial score (nSPS) is 22.1. The van der Waals surface area contributed by atoms with Crippen LogP contribution in [0.3, 0.4) is 0 Å². The summed E-state index contributed by atoms with van der Waals surface area (Å²) in [6.45, 7) is 0. The minimum absolute atomic E-state index is 0.132. The lowest BCUT2D eigenvalue weighted by Crippen LogP contribution is -2.18. The third-order valence-electron chi connectivity index (χ3n) is 3.06. The highest BCUT2D eigenvalue weighted by molar-refractivity contribution is 7.09. The molecule has 0 amide bonds. The van der Waals surface area contributed by atoms with E-state index in [2.05, 4.69) is 4.98 Å². The Morgan fingerprint density at radius 1 is 1.50 bits per heavy atom. The van der Waals surface area contributed by atoms with E-state index in [-0.39, 0.29) is 6.10 Å². The summed E-state index contributed by atoms with van der Waals surface area (Å²) in [5.74, 6) is 1.41. The third kappa shape index (κ3) is 1.95. The van der Waals surface area contributed by atoms with Crippen molar-refractivity contribution in [1.82, 2.24) is 4.98 Å². The Labute approximate surface area is 109 Å². The van der Waals surface area contributed by atoms with Crippen molar-refractivity contribution >= 4 is 11.3 Å². The molecule has 1 aromatic heterocycles. The lowest BCUT2D eigenvalue weighted by Gasteiger charge is -2.29. The zero-order valence-electron chi connectivity index (χ0n) is 9.87. The maximum Gasteiger partial charge on any atom is 0.137 e. The molecule has 0 radical (unpaired) electrons. The third-order valence-corrected chi connectivity index (χ3v) is 3.92. The quantitative estimate of drug-likeness (QED) is 0.905. The number of aromatic nitrogens is 1. The fourth-order valence-corrected chi connectivity index (χ4v) is 2.77. The van der Waals surface area contributed by atoms with Crippen molar-refractivity contribution in [2.24, 2.45) is 0 Å². The summed E-state index contributed by atoms with van der Waals surface area (Å²) in [5.41, 5.74) is 2.59. The molecule has 3 rings (SSSR count). The molecule has 5 heteroatoms. The number of nitrogens with zero attached hydrogens (tertiary/aromatic N) is 1. The maximum atomic E-state index is 10.2. The van der Waals surface area contributed by atoms with Crippen molar-refractivity contribution in [3.8, 4) is 11.5 Å². The van der Waals surface area contributed by atoms with Gasteiger partial charge in [0.1, 0.15) is 17.6 Å². The van der Waals surface area contributed by atoms with Crippen LogP contribution in [-0.2, 0) is 0 Å². The monoisotopic (exact) mass is 263 g/mol. The largest absolute Gasteiger partial charge is 0.497 e. The van der Waals surface area contributed by atoms with Gasteiger partial charge in [-0.2, -0.15) is 0 Å². The molecule has 0 fully saturated rings. The SMILES string of the molecule is COc1ccc2c(c1)OC(c1cncs1)C[C@H]2O. The number of fused-ring (bicyclic) bond motifs is 1. The number of benzene rings is 1. The van der Waals surface area contributed by atoms with E-state index in [0.29, 0.717) is 12.2 Å². The summed E-state index contributed by atoms with van der Waals surface area (Å²) in [5, 5.41) is 10.2. The number of aliphatic hydroxyl groups is 1. The number of ether oxygens (including phenoxy) is 2. The molecular formula is C13H13NO3S. The molecule has 1 N–H and O–H groups in total. The number of methoxy groups -OCH3 is 1. The minimum Gasteiger partial charge on any atom is -0.497 e. The number of thiazole rings is 1. The second-order valence-electron chi connectivity index (χ2n) is 4.17. The molecule has 2 heterocycles. The van der Waals surface area contributed by atoms with E-state index in [0.717, 1.165) is 16.2 Å². The Morgan fingerprint density at radius 2 is 2.39 bits per heavy atom. The van der Waals surface area contributed by atoms with Gasteiger partial charge in [-0.15, -0.1) is 11.3 Å². The summed E-state index contributed by atoms with van der Waals surface area (Å²) in [4.78, 5) is 5.07. The Kier molecular flexibility index (Phi) is 2.93. The Morgan fingerprint density at radius 3 is 3.11 bits per heavy atom. The van der Waals surface area contributed by atoms with E-state index in [9.17, 15) is 5.11 Å². The lowest BCUT2D eigenvalue weighted by atomic mass is 9.98. The number of hydrogen-bond acceptors (Lipinski definition) is 5. The molecule has 0 aliphatic carbocycles. The van der Waals surface area contributed by atoms with Crippen molar-refractivity contribution in [2.45, 2.75) is 18.6 Å². The van der Waals surface area contributed by atoms with Crippen molar-refractivity contribution in [1.29, 1.82) is 0 Å². The standard InChI is InChI=1S/C13H13NO3S/c1-16-8-2-3-9-10(15)5-12(17-11(9)4-8)13-6-14-7-18-13/h2-4,6-7,10,12,15H,5H2,1H3/t10-,12?/m1/s1. The Balaban J connectivity index is 1.95. The van der Waals surface area contributed by atoms with Crippen LogP contribution < -0.4 is 9.47 Å². The predicted octanol–water partition coefficient (Wildman–Crippen LogP) is 2.71. The van der Waals surface area contributed by atoms with Crippen LogP contribution in [0.1, 0.15) is 29.1 Å². The van der Waals surface area contributed by atoms with Gasteiger partial charge in [-0.25, -0.2) is 0 Å². The Hall–Kier alpha value is -1.59. The average molecular weight is 263 g/mol. The summed E-state index contributed by atoms with van der Waals surface area (Å²) in [7, 11) is 1.61. The van der Waals surface area contributed by atoms with E-state index >= 15 is 0 Å². The first-order valence-electron chi connectivity index (χ1n) is 5.69. The molecule has 0 saturated carbocycles. The fourth-order valence-electron chi connectivity index (χ4n) is 2.11. The molecule has 1 unspecified atom stereocenters. The lowest BCUT2D eigenvalue weighted by molar-refractivity contribution is 0.0671. The first-order chi connectivity index (χ1) is 8.78. The predicted molar refractivity (Wildman–Crippen MR) is 68.1 cm³/mol. The van der Waals surface area contributed by atoms with Crippen molar-refractivity contribution in [2.75, 3.05) is 7.11 Å². The average Bonchev–Trinajstić information content (AvgIpc) is 2.91. The molecule has 0 spiro atoms. The van der Waals surface area contributed by atoms with Crippen LogP contribution in [0.2, 0.25) is 0 Å². The molecular weight excluding hydrogens is 250 g/mol. The second kappa shape index (κ2) is 4.59. The van der Waals surface area contributed by atoms with Crippen LogP contribution in [0.5, 0.6) is 11.5 Å². The van der Waals surface area contributed by atoms with E-state index in [1.807, 2.05) is 18.2 Å². The molecule has 94 valence electrons. The molecule has 2 atom stereocenters. The fraction of sp³-hybridized carbons (Fsp3) is 0.308. The van der Waals surface area contributed by atoms with Gasteiger partial charge < -0.3 is 14.6 Å². The minimum atomic E-state index is -0.508. The van der Waals surface area contributed by atoms with Gasteiger partial charge >= 0.3 is 0 Å². The van der Waals surface area contributed by atoms with Crippen molar-refractivity contribution < 1.29 is 14.6 Å². The van der Waals surface area contributed by atoms with Gasteiger partial charge in [-0.1, -0.05) is 0 Å². The summed E-state index contributed by atoms with van der Waals surface area (Å²) in [6, 6.07) is 5.49. The second-order valence-corrected chi connectivity index (χ2v) is 5.08. The highest BCUT2D eigenvalue weighted by Gasteiger charge is 2.29. The van der Waals surface area contributed by atoms with Gasteiger partial charge in [0.05, 0.1) is 23.6 Å². The molecule has 18 heavy (non-hydrogen) atoms. The van der Waals surface area contributed by atoms with Gasteiger partial charge in [0.15, 0.2) is 0 Å². The molecule has 4 nitrogen and oxygen atoms in total. The van der Waals surface area contributed by atoms with E-state index in [1.165, 1.54) is 11.3 Å². The highest BCUT2D eigenvalue weighted by Crippen LogP contribution is 2.42. The van der Waals surface area contributed by atoms with Gasteiger partial charge in [-0.3, -0.25) is 4.98 Å². The number of rotatable bonds is 2. The molecule has 0 saturated heterocycles. The zero-order chi connectivity index (χ0) is 12.5. The molecule has 2 aromatic rings. The topological polar surface area (TPSA) is 51.6 Å².